The lowest BCUT2D eigenvalue weighted by Gasteiger charge is -2.59. The molecule has 0 aromatic heterocycles. The lowest BCUT2D eigenvalue weighted by atomic mass is 9.46. The number of rotatable bonds is 6. The van der Waals surface area contributed by atoms with E-state index in [0.717, 1.165) is 54.7 Å². The molecular formula is C35H57N3O. The first-order valence-corrected chi connectivity index (χ1v) is 15.9. The Hall–Kier alpha value is -1.94. The molecule has 4 nitrogen and oxygen atoms in total. The van der Waals surface area contributed by atoms with E-state index in [9.17, 15) is 0 Å². The van der Waals surface area contributed by atoms with Crippen LogP contribution in [0.1, 0.15) is 99.3 Å². The van der Waals surface area contributed by atoms with E-state index in [1.54, 1.807) is 0 Å². The first-order chi connectivity index (χ1) is 18.5. The van der Waals surface area contributed by atoms with Crippen LogP contribution in [-0.4, -0.2) is 12.6 Å². The van der Waals surface area contributed by atoms with E-state index in [-0.39, 0.29) is 6.10 Å². The molecule has 4 heteroatoms. The number of ether oxygens (including phenoxy) is 1. The van der Waals surface area contributed by atoms with Gasteiger partial charge in [0.1, 0.15) is 5.75 Å². The van der Waals surface area contributed by atoms with Gasteiger partial charge in [-0.25, -0.2) is 0 Å². The lowest BCUT2D eigenvalue weighted by Crippen LogP contribution is -2.52. The highest BCUT2D eigenvalue weighted by molar-refractivity contribution is 5.60. The van der Waals surface area contributed by atoms with Gasteiger partial charge in [-0.2, -0.15) is 0 Å². The molecule has 0 amide bonds. The Labute approximate surface area is 239 Å². The minimum absolute atomic E-state index is 0.238. The third kappa shape index (κ3) is 6.06. The first-order valence-electron chi connectivity index (χ1n) is 15.9. The van der Waals surface area contributed by atoms with E-state index in [1.165, 1.54) is 50.5 Å². The molecule has 0 spiro atoms. The zero-order valence-corrected chi connectivity index (χ0v) is 25.7. The van der Waals surface area contributed by atoms with Crippen molar-refractivity contribution in [1.29, 1.82) is 0 Å². The summed E-state index contributed by atoms with van der Waals surface area (Å²) in [6.07, 6.45) is 19.7. The number of nitrogens with two attached hydrogens (primary N) is 3. The lowest BCUT2D eigenvalue weighted by molar-refractivity contribution is -0.0781. The molecule has 0 radical (unpaired) electrons. The van der Waals surface area contributed by atoms with Crippen LogP contribution >= 0.6 is 0 Å². The van der Waals surface area contributed by atoms with Crippen LogP contribution in [0.25, 0.3) is 0 Å². The summed E-state index contributed by atoms with van der Waals surface area (Å²) < 4.78 is 6.43. The van der Waals surface area contributed by atoms with Crippen molar-refractivity contribution >= 4 is 11.4 Å². The highest BCUT2D eigenvalue weighted by atomic mass is 16.5. The highest BCUT2D eigenvalue weighted by Crippen LogP contribution is 2.67. The Bertz CT molecular complexity index is 1030. The van der Waals surface area contributed by atoms with Gasteiger partial charge >= 0.3 is 0 Å². The third-order valence-electron chi connectivity index (χ3n) is 11.4. The minimum Gasteiger partial charge on any atom is -0.488 e. The van der Waals surface area contributed by atoms with Crippen LogP contribution < -0.4 is 21.9 Å². The van der Waals surface area contributed by atoms with Crippen molar-refractivity contribution in [3.63, 3.8) is 0 Å². The van der Waals surface area contributed by atoms with Crippen LogP contribution in [0, 0.1) is 46.3 Å². The fourth-order valence-electron chi connectivity index (χ4n) is 9.35. The van der Waals surface area contributed by atoms with Crippen molar-refractivity contribution in [3.8, 4) is 5.75 Å². The van der Waals surface area contributed by atoms with Crippen molar-refractivity contribution in [2.75, 3.05) is 18.0 Å². The summed E-state index contributed by atoms with van der Waals surface area (Å²) in [4.78, 5) is 0. The number of hydrogen-bond donors (Lipinski definition) is 3. The fourth-order valence-corrected chi connectivity index (χ4v) is 9.35. The maximum atomic E-state index is 6.43. The number of anilines is 2. The molecule has 5 rings (SSSR count). The largest absolute Gasteiger partial charge is 0.488 e. The van der Waals surface area contributed by atoms with Gasteiger partial charge in [-0.3, -0.25) is 0 Å². The summed E-state index contributed by atoms with van der Waals surface area (Å²) in [5.74, 6) is 5.58. The molecule has 1 aromatic rings. The van der Waals surface area contributed by atoms with E-state index < -0.39 is 0 Å². The van der Waals surface area contributed by atoms with Crippen LogP contribution in [0.4, 0.5) is 11.4 Å². The third-order valence-corrected chi connectivity index (χ3v) is 11.4. The fraction of sp³-hybridized carbons (Fsp3) is 0.714. The van der Waals surface area contributed by atoms with Gasteiger partial charge in [0.2, 0.25) is 0 Å². The molecular weight excluding hydrogens is 478 g/mol. The normalized spacial score (nSPS) is 37.4. The van der Waals surface area contributed by atoms with Gasteiger partial charge in [-0.05, 0) is 143 Å². The SMILES string of the molecule is CC(C)=CCCC(C)C1CCC2C3C=CC4CC(Oc5ccc(N)cc5N)CCC4(C)C3CCC12C.CCN. The Morgan fingerprint density at radius 3 is 2.41 bits per heavy atom. The molecule has 218 valence electrons. The average Bonchev–Trinajstić information content (AvgIpc) is 3.23. The van der Waals surface area contributed by atoms with Gasteiger partial charge in [-0.1, -0.05) is 51.5 Å². The average molecular weight is 536 g/mol. The van der Waals surface area contributed by atoms with Gasteiger partial charge in [0.25, 0.3) is 0 Å². The number of fused-ring (bicyclic) bond motifs is 5. The molecule has 0 aliphatic heterocycles. The molecule has 4 aliphatic carbocycles. The highest BCUT2D eigenvalue weighted by Gasteiger charge is 2.59. The van der Waals surface area contributed by atoms with E-state index in [1.807, 2.05) is 25.1 Å². The maximum absolute atomic E-state index is 6.43. The molecule has 4 aliphatic rings. The van der Waals surface area contributed by atoms with Gasteiger partial charge in [0, 0.05) is 5.69 Å². The van der Waals surface area contributed by atoms with Gasteiger partial charge in [-0.15, -0.1) is 0 Å². The number of allylic oxidation sites excluding steroid dienone is 4. The van der Waals surface area contributed by atoms with E-state index in [0.29, 0.717) is 28.1 Å². The number of benzene rings is 1. The molecule has 39 heavy (non-hydrogen) atoms. The first kappa shape index (κ1) is 30.0. The molecule has 6 N–H and O–H groups in total. The van der Waals surface area contributed by atoms with Crippen molar-refractivity contribution < 1.29 is 4.74 Å². The standard InChI is InChI=1S/C33H50N2O.C2H7N/c1-21(2)7-6-8-22(3)27-12-13-28-26-11-9-23-19-25(36-31-14-10-24(34)20-30(31)35)15-17-32(23,4)29(26)16-18-33(27,28)5;1-2-3/h7,9-11,14,20,22-23,25-29H,6,8,12-13,15-19,34-35H2,1-5H3;2-3H2,1H3. The predicted molar refractivity (Wildman–Crippen MR) is 167 cm³/mol. The van der Waals surface area contributed by atoms with Crippen LogP contribution in [-0.2, 0) is 0 Å². The van der Waals surface area contributed by atoms with Gasteiger partial charge < -0.3 is 21.9 Å². The van der Waals surface area contributed by atoms with Crippen LogP contribution in [0.5, 0.6) is 5.75 Å². The molecule has 3 fully saturated rings. The summed E-state index contributed by atoms with van der Waals surface area (Å²) in [6.45, 7) is 15.0. The smallest absolute Gasteiger partial charge is 0.142 e. The van der Waals surface area contributed by atoms with Crippen molar-refractivity contribution in [1.82, 2.24) is 0 Å². The Morgan fingerprint density at radius 1 is 1.03 bits per heavy atom. The summed E-state index contributed by atoms with van der Waals surface area (Å²) in [7, 11) is 0. The van der Waals surface area contributed by atoms with Crippen LogP contribution in [0.3, 0.4) is 0 Å². The monoisotopic (exact) mass is 535 g/mol. The summed E-state index contributed by atoms with van der Waals surface area (Å²) >= 11 is 0. The van der Waals surface area contributed by atoms with Gasteiger partial charge in [0.15, 0.2) is 0 Å². The quantitative estimate of drug-likeness (QED) is 0.252. The molecule has 9 unspecified atom stereocenters. The molecule has 9 atom stereocenters. The minimum atomic E-state index is 0.238. The topological polar surface area (TPSA) is 87.3 Å². The molecule has 0 heterocycles. The second-order valence-corrected chi connectivity index (χ2v) is 14.1. The second-order valence-electron chi connectivity index (χ2n) is 14.1. The predicted octanol–water partition coefficient (Wildman–Crippen LogP) is 8.38. The van der Waals surface area contributed by atoms with E-state index in [4.69, 9.17) is 21.9 Å². The van der Waals surface area contributed by atoms with Crippen LogP contribution in [0.15, 0.2) is 42.0 Å². The summed E-state index contributed by atoms with van der Waals surface area (Å²) in [5.41, 5.74) is 20.7. The Kier molecular flexibility index (Phi) is 9.46. The van der Waals surface area contributed by atoms with Gasteiger partial charge in [0.05, 0.1) is 11.8 Å². The zero-order valence-electron chi connectivity index (χ0n) is 25.7. The maximum Gasteiger partial charge on any atom is 0.142 e. The van der Waals surface area contributed by atoms with Crippen molar-refractivity contribution in [2.45, 2.75) is 105 Å². The van der Waals surface area contributed by atoms with E-state index in [2.05, 4.69) is 52.8 Å². The molecule has 0 saturated heterocycles. The zero-order chi connectivity index (χ0) is 28.4. The van der Waals surface area contributed by atoms with Crippen molar-refractivity contribution in [3.05, 3.63) is 42.0 Å². The van der Waals surface area contributed by atoms with Crippen molar-refractivity contribution in [2.24, 2.45) is 52.1 Å². The van der Waals surface area contributed by atoms with E-state index >= 15 is 0 Å². The second kappa shape index (κ2) is 12.3. The Balaban J connectivity index is 0.00000112. The number of hydrogen-bond acceptors (Lipinski definition) is 4. The van der Waals surface area contributed by atoms with Crippen LogP contribution in [0.2, 0.25) is 0 Å². The molecule has 3 saturated carbocycles. The summed E-state index contributed by atoms with van der Waals surface area (Å²) in [6, 6.07) is 5.63. The summed E-state index contributed by atoms with van der Waals surface area (Å²) in [5, 5.41) is 0. The molecule has 0 bridgehead atoms. The Morgan fingerprint density at radius 2 is 1.72 bits per heavy atom. The number of nitrogen functional groups attached to an aromatic ring is 2. The molecule has 1 aromatic carbocycles.